The molecule has 1 heterocycles. The van der Waals surface area contributed by atoms with E-state index < -0.39 is 3.93 Å². The van der Waals surface area contributed by atoms with Gasteiger partial charge in [-0.25, -0.2) is 0 Å². The maximum Gasteiger partial charge on any atom is 0.464 e. The van der Waals surface area contributed by atoms with Crippen molar-refractivity contribution in [1.82, 2.24) is 0 Å². The van der Waals surface area contributed by atoms with Gasteiger partial charge in [0.1, 0.15) is 0 Å². The Morgan fingerprint density at radius 3 is 2.79 bits per heavy atom. The molecule has 0 saturated carbocycles. The molecule has 0 unspecified atom stereocenters. The van der Waals surface area contributed by atoms with Crippen LogP contribution >= 0.6 is 22.9 Å². The Balaban J connectivity index is 2.42. The van der Waals surface area contributed by atoms with Gasteiger partial charge in [0.2, 0.25) is 0 Å². The quantitative estimate of drug-likeness (QED) is 0.343. The summed E-state index contributed by atoms with van der Waals surface area (Å²) in [6.07, 6.45) is 0.864. The highest BCUT2D eigenvalue weighted by atomic mass is 127. The molecule has 14 heavy (non-hydrogen) atoms. The van der Waals surface area contributed by atoms with Gasteiger partial charge in [0, 0.05) is 12.2 Å². The van der Waals surface area contributed by atoms with Crippen LogP contribution in [0.1, 0.15) is 11.1 Å². The second-order valence-electron chi connectivity index (χ2n) is 3.20. The van der Waals surface area contributed by atoms with Crippen LogP contribution in [0.3, 0.4) is 0 Å². The standard InChI is InChI=1S/C9H8F2I2N/c10-9(11,12)7-1-2-8-6(5-7)3-4-14(8)13/h1-2,5,12H,3-4H2/q+1. The van der Waals surface area contributed by atoms with Crippen molar-refractivity contribution in [2.24, 2.45) is 0 Å². The number of rotatable bonds is 1. The monoisotopic (exact) mass is 422 g/mol. The molecule has 0 aromatic heterocycles. The molecule has 0 spiro atoms. The second kappa shape index (κ2) is 3.73. The van der Waals surface area contributed by atoms with Gasteiger partial charge in [-0.1, -0.05) is 0 Å². The predicted octanol–water partition coefficient (Wildman–Crippen LogP) is -0.266. The molecule has 0 radical (unpaired) electrons. The third-order valence-electron chi connectivity index (χ3n) is 2.25. The van der Waals surface area contributed by atoms with Crippen LogP contribution in [-0.2, 0) is 10.4 Å². The number of hydrogen-bond donors (Lipinski definition) is 0. The van der Waals surface area contributed by atoms with Crippen LogP contribution in [0.2, 0.25) is 0 Å². The number of fused-ring (bicyclic) bond motifs is 1. The van der Waals surface area contributed by atoms with Gasteiger partial charge in [-0.2, -0.15) is 8.78 Å². The van der Waals surface area contributed by atoms with Gasteiger partial charge in [0.15, 0.2) is 0 Å². The van der Waals surface area contributed by atoms with Crippen molar-refractivity contribution in [2.45, 2.75) is 10.4 Å². The molecular weight excluding hydrogens is 414 g/mol. The highest BCUT2D eigenvalue weighted by molar-refractivity contribution is 14.1. The normalized spacial score (nSPS) is 15.9. The number of benzene rings is 1. The SMILES string of the molecule is FC(F)([IH+])c1ccc2c(c1)CCN2I. The molecule has 0 bridgehead atoms. The van der Waals surface area contributed by atoms with E-state index in [0.717, 1.165) is 46.8 Å². The molecule has 0 saturated heterocycles. The van der Waals surface area contributed by atoms with Crippen molar-refractivity contribution in [2.75, 3.05) is 9.66 Å². The number of hydrogen-bond acceptors (Lipinski definition) is 1. The van der Waals surface area contributed by atoms with Crippen LogP contribution in [0.4, 0.5) is 14.5 Å². The smallest absolute Gasteiger partial charge is 0.314 e. The summed E-state index contributed by atoms with van der Waals surface area (Å²) in [6, 6.07) is 4.91. The Labute approximate surface area is 108 Å². The first-order valence-corrected chi connectivity index (χ1v) is 6.26. The topological polar surface area (TPSA) is 3.24 Å². The third kappa shape index (κ3) is 1.98. The summed E-state index contributed by atoms with van der Waals surface area (Å²) in [7, 11) is 0. The van der Waals surface area contributed by atoms with E-state index in [-0.39, 0.29) is 5.56 Å². The lowest BCUT2D eigenvalue weighted by Crippen LogP contribution is -3.40. The fourth-order valence-electron chi connectivity index (χ4n) is 1.54. The lowest BCUT2D eigenvalue weighted by atomic mass is 10.1. The molecule has 2 rings (SSSR count). The van der Waals surface area contributed by atoms with Crippen LogP contribution in [-0.4, -0.2) is 6.54 Å². The van der Waals surface area contributed by atoms with E-state index in [1.54, 1.807) is 12.1 Å². The van der Waals surface area contributed by atoms with Gasteiger partial charge in [-0.15, -0.1) is 0 Å². The first-order chi connectivity index (χ1) is 6.48. The molecule has 76 valence electrons. The number of alkyl halides is 3. The van der Waals surface area contributed by atoms with Gasteiger partial charge in [0.25, 0.3) is 0 Å². The maximum absolute atomic E-state index is 13.0. The van der Waals surface area contributed by atoms with E-state index in [4.69, 9.17) is 0 Å². The minimum Gasteiger partial charge on any atom is -0.314 e. The summed E-state index contributed by atoms with van der Waals surface area (Å²) in [5, 5.41) is 0. The van der Waals surface area contributed by atoms with Crippen LogP contribution in [0.25, 0.3) is 0 Å². The minimum atomic E-state index is -2.72. The summed E-state index contributed by atoms with van der Waals surface area (Å²) in [6.45, 7) is 0.912. The maximum atomic E-state index is 13.0. The van der Waals surface area contributed by atoms with Gasteiger partial charge < -0.3 is 3.11 Å². The average Bonchev–Trinajstić information content (AvgIpc) is 2.46. The van der Waals surface area contributed by atoms with Gasteiger partial charge >= 0.3 is 26.5 Å². The molecule has 1 aromatic carbocycles. The average molecular weight is 422 g/mol. The van der Waals surface area contributed by atoms with Crippen molar-refractivity contribution < 1.29 is 31.4 Å². The van der Waals surface area contributed by atoms with E-state index in [0.29, 0.717) is 0 Å². The van der Waals surface area contributed by atoms with E-state index >= 15 is 0 Å². The third-order valence-corrected chi connectivity index (χ3v) is 3.93. The second-order valence-corrected chi connectivity index (χ2v) is 5.82. The Morgan fingerprint density at radius 1 is 1.43 bits per heavy atom. The van der Waals surface area contributed by atoms with Crippen molar-refractivity contribution in [3.63, 3.8) is 0 Å². The molecule has 0 atom stereocenters. The summed E-state index contributed by atoms with van der Waals surface area (Å²) in [5.74, 6) is 0. The number of anilines is 1. The zero-order valence-corrected chi connectivity index (χ0v) is 11.6. The lowest BCUT2D eigenvalue weighted by Gasteiger charge is -2.09. The molecule has 1 nitrogen and oxygen atoms in total. The number of nitrogens with zero attached hydrogens (tertiary/aromatic N) is 1. The molecule has 0 N–H and O–H groups in total. The largest absolute Gasteiger partial charge is 0.464 e. The van der Waals surface area contributed by atoms with Crippen molar-refractivity contribution in [3.05, 3.63) is 29.3 Å². The Bertz CT molecular complexity index is 362. The van der Waals surface area contributed by atoms with Crippen LogP contribution in [0, 0.1) is 0 Å². The molecule has 1 aromatic rings. The molecule has 1 aliphatic rings. The molecule has 1 aliphatic heterocycles. The fraction of sp³-hybridized carbons (Fsp3) is 0.333. The van der Waals surface area contributed by atoms with E-state index in [1.807, 2.05) is 0 Å². The summed E-state index contributed by atoms with van der Waals surface area (Å²) >= 11 is 3.06. The van der Waals surface area contributed by atoms with E-state index in [1.165, 1.54) is 6.07 Å². The zero-order chi connectivity index (χ0) is 10.3. The summed E-state index contributed by atoms with van der Waals surface area (Å²) in [5.41, 5.74) is 2.22. The van der Waals surface area contributed by atoms with E-state index in [9.17, 15) is 8.78 Å². The Morgan fingerprint density at radius 2 is 2.14 bits per heavy atom. The molecule has 0 fully saturated rings. The highest BCUT2D eigenvalue weighted by Crippen LogP contribution is 2.33. The van der Waals surface area contributed by atoms with Gasteiger partial charge in [0.05, 0.1) is 28.4 Å². The predicted molar refractivity (Wildman–Crippen MR) is 56.8 cm³/mol. The molecule has 0 aliphatic carbocycles. The molecule has 0 amide bonds. The fourth-order valence-corrected chi connectivity index (χ4v) is 2.62. The van der Waals surface area contributed by atoms with Gasteiger partial charge in [-0.3, -0.25) is 0 Å². The minimum absolute atomic E-state index is 0.118. The van der Waals surface area contributed by atoms with Crippen LogP contribution in [0.5, 0.6) is 0 Å². The summed E-state index contributed by atoms with van der Waals surface area (Å²) < 4.78 is 25.4. The van der Waals surface area contributed by atoms with Crippen molar-refractivity contribution in [1.29, 1.82) is 0 Å². The summed E-state index contributed by atoms with van der Waals surface area (Å²) in [4.78, 5) is 0. The first-order valence-electron chi connectivity index (χ1n) is 4.13. The van der Waals surface area contributed by atoms with Crippen molar-refractivity contribution >= 4 is 28.6 Å². The van der Waals surface area contributed by atoms with Crippen LogP contribution < -0.4 is 25.7 Å². The zero-order valence-electron chi connectivity index (χ0n) is 7.14. The Hall–Kier alpha value is 0.340. The van der Waals surface area contributed by atoms with E-state index in [2.05, 4.69) is 26.0 Å². The Kier molecular flexibility index (Phi) is 2.89. The lowest BCUT2D eigenvalue weighted by molar-refractivity contribution is -0.583. The highest BCUT2D eigenvalue weighted by Gasteiger charge is 2.38. The molecule has 5 heteroatoms. The molecular formula is C9H8F2I2N+. The van der Waals surface area contributed by atoms with Gasteiger partial charge in [-0.05, 0) is 30.2 Å². The van der Waals surface area contributed by atoms with Crippen molar-refractivity contribution in [3.8, 4) is 0 Å². The van der Waals surface area contributed by atoms with Crippen LogP contribution in [0.15, 0.2) is 18.2 Å². The first kappa shape index (κ1) is 10.8. The number of halogens is 4.